The molecule has 0 heterocycles. The summed E-state index contributed by atoms with van der Waals surface area (Å²) in [6.07, 6.45) is 55.9. The molecule has 2 atom stereocenters. The summed E-state index contributed by atoms with van der Waals surface area (Å²) in [5, 5.41) is 22.5. The van der Waals surface area contributed by atoms with E-state index in [0.717, 1.165) is 109 Å². The fraction of sp³-hybridized carbons (Fsp3) is 0.592. The summed E-state index contributed by atoms with van der Waals surface area (Å²) in [4.78, 5) is 47.6. The minimum atomic E-state index is -1.39. The lowest BCUT2D eigenvalue weighted by Crippen LogP contribution is -2.47. The zero-order valence-electron chi connectivity index (χ0n) is 36.0. The highest BCUT2D eigenvalue weighted by molar-refractivity contribution is 5.87. The molecule has 326 valence electrons. The lowest BCUT2D eigenvalue weighted by molar-refractivity contribution is -0.147. The number of aliphatic carboxylic acids is 1. The van der Waals surface area contributed by atoms with Crippen molar-refractivity contribution in [1.29, 1.82) is 0 Å². The van der Waals surface area contributed by atoms with Crippen LogP contribution in [0.2, 0.25) is 0 Å². The predicted octanol–water partition coefficient (Wildman–Crippen LogP) is 11.0. The van der Waals surface area contributed by atoms with Gasteiger partial charge in [0.25, 0.3) is 0 Å². The number of carbonyl (C=O) groups is 4. The molecule has 0 aliphatic rings. The number of unbranched alkanes of at least 4 members (excludes halogenated alkanes) is 10. The number of hydrogen-bond acceptors (Lipinski definition) is 6. The van der Waals surface area contributed by atoms with Crippen LogP contribution in [0, 0.1) is 0 Å². The summed E-state index contributed by atoms with van der Waals surface area (Å²) in [7, 11) is 0. The van der Waals surface area contributed by atoms with Gasteiger partial charge < -0.3 is 25.6 Å². The first-order valence-electron chi connectivity index (χ1n) is 22.1. The Labute approximate surface area is 351 Å². The SMILES string of the molecule is CC/C=C\C/C=C\C/C=C\C/C=C\CCCCCCCCC(=O)OC(/C=C\C/C=C\C/C=C\C/C=C\CC)CCCCCCCC(=O)NCC(=O)NC(CO)C(=O)O. The van der Waals surface area contributed by atoms with Gasteiger partial charge in [-0.15, -0.1) is 0 Å². The third kappa shape index (κ3) is 38.6. The van der Waals surface area contributed by atoms with Gasteiger partial charge in [-0.3, -0.25) is 14.4 Å². The van der Waals surface area contributed by atoms with Crippen molar-refractivity contribution in [2.24, 2.45) is 0 Å². The minimum Gasteiger partial charge on any atom is -0.480 e. The van der Waals surface area contributed by atoms with Crippen LogP contribution in [0.4, 0.5) is 0 Å². The van der Waals surface area contributed by atoms with Crippen molar-refractivity contribution < 1.29 is 34.1 Å². The lowest BCUT2D eigenvalue weighted by atomic mass is 10.1. The normalized spacial score (nSPS) is 13.4. The number of hydrogen-bond donors (Lipinski definition) is 4. The molecule has 0 aromatic rings. The first-order chi connectivity index (χ1) is 28.3. The van der Waals surface area contributed by atoms with E-state index in [1.165, 1.54) is 19.3 Å². The van der Waals surface area contributed by atoms with Crippen LogP contribution in [-0.2, 0) is 23.9 Å². The van der Waals surface area contributed by atoms with Gasteiger partial charge >= 0.3 is 11.9 Å². The maximum absolute atomic E-state index is 12.8. The Morgan fingerprint density at radius 1 is 0.534 bits per heavy atom. The van der Waals surface area contributed by atoms with E-state index >= 15 is 0 Å². The van der Waals surface area contributed by atoms with Crippen LogP contribution >= 0.6 is 0 Å². The standard InChI is InChI=1S/C49H78N2O7/c1-3-5-7-9-11-13-15-16-17-18-19-20-21-22-24-26-28-33-37-41-48(55)58-44(38-34-30-27-25-23-14-12-10-8-6-4-2)39-35-31-29-32-36-40-46(53)50-42-47(54)51-45(43-52)49(56)57/h5-8,11-14,16-17,19-20,25,27,34,38,44-45,52H,3-4,9-10,15,18,21-24,26,28-33,35-37,39-43H2,1-2H3,(H,50,53)(H,51,54)(H,56,57)/b7-5-,8-6-,13-11-,14-12-,17-16-,20-19-,27-25-,38-34-. The fourth-order valence-corrected chi connectivity index (χ4v) is 5.73. The van der Waals surface area contributed by atoms with E-state index in [2.05, 4.69) is 116 Å². The molecule has 0 fully saturated rings. The number of nitrogens with one attached hydrogen (secondary N) is 2. The molecule has 58 heavy (non-hydrogen) atoms. The molecule has 9 nitrogen and oxygen atoms in total. The van der Waals surface area contributed by atoms with Crippen molar-refractivity contribution >= 4 is 23.8 Å². The Hall–Kier alpha value is -4.24. The first kappa shape index (κ1) is 53.8. The van der Waals surface area contributed by atoms with Crippen molar-refractivity contribution in [3.8, 4) is 0 Å². The number of allylic oxidation sites excluding steroid dienone is 15. The number of rotatable bonds is 38. The number of carboxylic acids is 1. The number of amides is 2. The van der Waals surface area contributed by atoms with E-state index in [1.54, 1.807) is 0 Å². The summed E-state index contributed by atoms with van der Waals surface area (Å²) >= 11 is 0. The van der Waals surface area contributed by atoms with Crippen LogP contribution in [0.15, 0.2) is 97.2 Å². The summed E-state index contributed by atoms with van der Waals surface area (Å²) in [6.45, 7) is 3.22. The van der Waals surface area contributed by atoms with Gasteiger partial charge in [-0.25, -0.2) is 4.79 Å². The van der Waals surface area contributed by atoms with E-state index in [1.807, 2.05) is 6.08 Å². The summed E-state index contributed by atoms with van der Waals surface area (Å²) < 4.78 is 5.91. The average Bonchev–Trinajstić information content (AvgIpc) is 3.21. The molecule has 0 aromatic heterocycles. The van der Waals surface area contributed by atoms with Crippen molar-refractivity contribution in [2.45, 2.75) is 174 Å². The predicted molar refractivity (Wildman–Crippen MR) is 240 cm³/mol. The van der Waals surface area contributed by atoms with Gasteiger partial charge in [0.1, 0.15) is 12.1 Å². The van der Waals surface area contributed by atoms with E-state index in [9.17, 15) is 19.2 Å². The molecule has 2 amide bonds. The Bertz CT molecular complexity index is 1290. The van der Waals surface area contributed by atoms with E-state index < -0.39 is 24.5 Å². The van der Waals surface area contributed by atoms with Gasteiger partial charge in [-0.05, 0) is 96.0 Å². The van der Waals surface area contributed by atoms with Crippen LogP contribution in [0.3, 0.4) is 0 Å². The Morgan fingerprint density at radius 3 is 1.50 bits per heavy atom. The molecule has 0 radical (unpaired) electrons. The molecule has 0 saturated carbocycles. The van der Waals surface area contributed by atoms with Crippen molar-refractivity contribution in [3.63, 3.8) is 0 Å². The second kappa shape index (κ2) is 42.4. The molecule has 4 N–H and O–H groups in total. The number of ether oxygens (including phenoxy) is 1. The fourth-order valence-electron chi connectivity index (χ4n) is 5.73. The first-order valence-corrected chi connectivity index (χ1v) is 22.1. The maximum Gasteiger partial charge on any atom is 0.328 e. The third-order valence-corrected chi connectivity index (χ3v) is 9.06. The van der Waals surface area contributed by atoms with E-state index in [-0.39, 0.29) is 30.9 Å². The smallest absolute Gasteiger partial charge is 0.328 e. The third-order valence-electron chi connectivity index (χ3n) is 9.06. The highest BCUT2D eigenvalue weighted by Crippen LogP contribution is 2.15. The molecular formula is C49H78N2O7. The zero-order valence-corrected chi connectivity index (χ0v) is 36.0. The molecular weight excluding hydrogens is 729 g/mol. The van der Waals surface area contributed by atoms with Gasteiger partial charge in [0, 0.05) is 12.8 Å². The largest absolute Gasteiger partial charge is 0.480 e. The van der Waals surface area contributed by atoms with Gasteiger partial charge in [0.05, 0.1) is 13.2 Å². The number of aliphatic hydroxyl groups is 1. The summed E-state index contributed by atoms with van der Waals surface area (Å²) in [5.41, 5.74) is 0. The van der Waals surface area contributed by atoms with Crippen molar-refractivity contribution in [3.05, 3.63) is 97.2 Å². The number of carboxylic acid groups (broad SMARTS) is 1. The van der Waals surface area contributed by atoms with Gasteiger partial charge in [0.15, 0.2) is 0 Å². The Kier molecular flexibility index (Phi) is 39.3. The molecule has 9 heteroatoms. The number of aliphatic hydroxyl groups excluding tert-OH is 1. The zero-order chi connectivity index (χ0) is 42.6. The molecule has 0 aromatic carbocycles. The van der Waals surface area contributed by atoms with Crippen LogP contribution < -0.4 is 10.6 Å². The van der Waals surface area contributed by atoms with Gasteiger partial charge in [-0.1, -0.05) is 150 Å². The molecule has 0 aliphatic heterocycles. The van der Waals surface area contributed by atoms with Gasteiger partial charge in [-0.2, -0.15) is 0 Å². The molecule has 2 unspecified atom stereocenters. The van der Waals surface area contributed by atoms with Crippen LogP contribution in [-0.4, -0.2) is 59.3 Å². The molecule has 0 spiro atoms. The monoisotopic (exact) mass is 807 g/mol. The molecule has 0 saturated heterocycles. The molecule has 0 aliphatic carbocycles. The van der Waals surface area contributed by atoms with Crippen LogP contribution in [0.5, 0.6) is 0 Å². The number of carbonyl (C=O) groups excluding carboxylic acids is 3. The molecule has 0 bridgehead atoms. The van der Waals surface area contributed by atoms with Crippen LogP contribution in [0.1, 0.15) is 162 Å². The highest BCUT2D eigenvalue weighted by atomic mass is 16.5. The van der Waals surface area contributed by atoms with E-state index in [0.29, 0.717) is 12.8 Å². The van der Waals surface area contributed by atoms with E-state index in [4.69, 9.17) is 14.9 Å². The minimum absolute atomic E-state index is 0.138. The Morgan fingerprint density at radius 2 is 0.983 bits per heavy atom. The lowest BCUT2D eigenvalue weighted by Gasteiger charge is -2.15. The van der Waals surface area contributed by atoms with Gasteiger partial charge in [0.2, 0.25) is 11.8 Å². The topological polar surface area (TPSA) is 142 Å². The Balaban J connectivity index is 4.43. The second-order valence-corrected chi connectivity index (χ2v) is 14.4. The number of esters is 1. The highest BCUT2D eigenvalue weighted by Gasteiger charge is 2.18. The summed E-state index contributed by atoms with van der Waals surface area (Å²) in [6, 6.07) is -1.39. The average molecular weight is 807 g/mol. The maximum atomic E-state index is 12.8. The van der Waals surface area contributed by atoms with Crippen LogP contribution in [0.25, 0.3) is 0 Å². The second-order valence-electron chi connectivity index (χ2n) is 14.4. The quantitative estimate of drug-likeness (QED) is 0.0276. The van der Waals surface area contributed by atoms with Crippen molar-refractivity contribution in [1.82, 2.24) is 10.6 Å². The van der Waals surface area contributed by atoms with Crippen molar-refractivity contribution in [2.75, 3.05) is 13.2 Å². The summed E-state index contributed by atoms with van der Waals surface area (Å²) in [5.74, 6) is -2.43. The molecule has 0 rings (SSSR count).